The molecule has 1 fully saturated rings. The zero-order chi connectivity index (χ0) is 17.0. The van der Waals surface area contributed by atoms with Gasteiger partial charge in [-0.15, -0.1) is 6.58 Å². The van der Waals surface area contributed by atoms with Crippen molar-refractivity contribution in [3.8, 4) is 0 Å². The van der Waals surface area contributed by atoms with Crippen molar-refractivity contribution in [1.29, 1.82) is 0 Å². The number of nitrogens with zero attached hydrogens (tertiary/aromatic N) is 1. The quantitative estimate of drug-likeness (QED) is 0.391. The molecule has 1 saturated heterocycles. The van der Waals surface area contributed by atoms with Crippen molar-refractivity contribution in [3.63, 3.8) is 0 Å². The molecule has 2 amide bonds. The number of hydrogen-bond donors (Lipinski definition) is 1. The maximum absolute atomic E-state index is 12.4. The molecular weight excluding hydrogens is 308 g/mol. The van der Waals surface area contributed by atoms with Gasteiger partial charge in [0.05, 0.1) is 0 Å². The van der Waals surface area contributed by atoms with Crippen molar-refractivity contribution in [3.05, 3.63) is 53.6 Å². The number of benzene rings is 1. The second kappa shape index (κ2) is 7.33. The molecule has 4 nitrogen and oxygen atoms in total. The second-order valence-electron chi connectivity index (χ2n) is 5.86. The third kappa shape index (κ3) is 4.13. The van der Waals surface area contributed by atoms with Gasteiger partial charge in [0.15, 0.2) is 5.11 Å². The molecule has 1 N–H and O–H groups in total. The summed E-state index contributed by atoms with van der Waals surface area (Å²) in [4.78, 5) is 25.8. The second-order valence-corrected chi connectivity index (χ2v) is 6.25. The third-order valence-corrected chi connectivity index (χ3v) is 3.75. The number of carbonyl (C=O) groups is 2. The Morgan fingerprint density at radius 1 is 1.26 bits per heavy atom. The van der Waals surface area contributed by atoms with Gasteiger partial charge in [-0.3, -0.25) is 19.8 Å². The minimum atomic E-state index is -0.466. The fourth-order valence-electron chi connectivity index (χ4n) is 2.38. The maximum atomic E-state index is 12.4. The number of nitrogens with one attached hydrogen (secondary N) is 1. The van der Waals surface area contributed by atoms with Crippen LogP contribution in [-0.2, 0) is 16.0 Å². The monoisotopic (exact) mass is 328 g/mol. The van der Waals surface area contributed by atoms with Crippen LogP contribution in [0.2, 0.25) is 0 Å². The molecule has 1 aliphatic heterocycles. The Hall–Kier alpha value is -2.27. The van der Waals surface area contributed by atoms with Crippen LogP contribution in [0.15, 0.2) is 42.5 Å². The molecule has 0 atom stereocenters. The summed E-state index contributed by atoms with van der Waals surface area (Å²) in [6.45, 7) is 8.20. The van der Waals surface area contributed by atoms with Crippen molar-refractivity contribution < 1.29 is 9.59 Å². The summed E-state index contributed by atoms with van der Waals surface area (Å²) < 4.78 is 0. The van der Waals surface area contributed by atoms with E-state index in [9.17, 15) is 9.59 Å². The molecule has 23 heavy (non-hydrogen) atoms. The normalized spacial score (nSPS) is 16.9. The maximum Gasteiger partial charge on any atom is 0.265 e. The lowest BCUT2D eigenvalue weighted by atomic mass is 10.0. The Labute approximate surface area is 141 Å². The number of amides is 2. The van der Waals surface area contributed by atoms with E-state index in [2.05, 4.69) is 25.7 Å². The summed E-state index contributed by atoms with van der Waals surface area (Å²) in [6, 6.07) is 7.86. The van der Waals surface area contributed by atoms with Gasteiger partial charge in [-0.25, -0.2) is 0 Å². The lowest BCUT2D eigenvalue weighted by Gasteiger charge is -2.27. The first-order chi connectivity index (χ1) is 10.9. The Bertz CT molecular complexity index is 675. The molecule has 1 aromatic carbocycles. The molecule has 0 spiro atoms. The van der Waals surface area contributed by atoms with Crippen LogP contribution in [0.4, 0.5) is 0 Å². The van der Waals surface area contributed by atoms with E-state index in [4.69, 9.17) is 12.2 Å². The van der Waals surface area contributed by atoms with E-state index in [1.165, 1.54) is 10.5 Å². The minimum Gasteiger partial charge on any atom is -0.298 e. The summed E-state index contributed by atoms with van der Waals surface area (Å²) in [5.41, 5.74) is 2.12. The zero-order valence-electron chi connectivity index (χ0n) is 13.3. The van der Waals surface area contributed by atoms with Crippen molar-refractivity contribution in [2.45, 2.75) is 20.3 Å². The Morgan fingerprint density at radius 3 is 2.48 bits per heavy atom. The highest BCUT2D eigenvalue weighted by Gasteiger charge is 2.32. The lowest BCUT2D eigenvalue weighted by Crippen LogP contribution is -2.53. The topological polar surface area (TPSA) is 49.4 Å². The number of hydrogen-bond acceptors (Lipinski definition) is 3. The highest BCUT2D eigenvalue weighted by atomic mass is 32.1. The summed E-state index contributed by atoms with van der Waals surface area (Å²) in [5.74, 6) is -0.283. The highest BCUT2D eigenvalue weighted by molar-refractivity contribution is 7.80. The summed E-state index contributed by atoms with van der Waals surface area (Å²) >= 11 is 5.02. The first kappa shape index (κ1) is 17.1. The number of thiocarbonyl (C=S) groups is 1. The summed E-state index contributed by atoms with van der Waals surface area (Å²) in [6.07, 6.45) is 4.16. The first-order valence-electron chi connectivity index (χ1n) is 7.51. The van der Waals surface area contributed by atoms with Gasteiger partial charge in [-0.1, -0.05) is 44.2 Å². The van der Waals surface area contributed by atoms with Gasteiger partial charge in [-0.05, 0) is 41.8 Å². The van der Waals surface area contributed by atoms with E-state index < -0.39 is 11.8 Å². The largest absolute Gasteiger partial charge is 0.298 e. The molecule has 0 aliphatic carbocycles. The van der Waals surface area contributed by atoms with Gasteiger partial charge in [0.2, 0.25) is 0 Å². The van der Waals surface area contributed by atoms with Crippen LogP contribution >= 0.6 is 12.2 Å². The molecular formula is C18H20N2O2S. The van der Waals surface area contributed by atoms with Gasteiger partial charge in [0.25, 0.3) is 11.8 Å². The van der Waals surface area contributed by atoms with Gasteiger partial charge in [0.1, 0.15) is 5.57 Å². The molecule has 1 heterocycles. The van der Waals surface area contributed by atoms with Gasteiger partial charge < -0.3 is 0 Å². The summed E-state index contributed by atoms with van der Waals surface area (Å²) in [7, 11) is 0. The van der Waals surface area contributed by atoms with Crippen molar-refractivity contribution in [2.75, 3.05) is 6.54 Å². The van der Waals surface area contributed by atoms with Crippen molar-refractivity contribution in [1.82, 2.24) is 10.2 Å². The Balaban J connectivity index is 2.26. The molecule has 0 bridgehead atoms. The van der Waals surface area contributed by atoms with Crippen LogP contribution in [-0.4, -0.2) is 28.4 Å². The molecule has 1 aromatic rings. The smallest absolute Gasteiger partial charge is 0.265 e. The minimum absolute atomic E-state index is 0.0806. The van der Waals surface area contributed by atoms with Crippen LogP contribution < -0.4 is 5.32 Å². The fourth-order valence-corrected chi connectivity index (χ4v) is 2.63. The molecule has 120 valence electrons. The molecule has 5 heteroatoms. The Kier molecular flexibility index (Phi) is 5.45. The van der Waals surface area contributed by atoms with Crippen LogP contribution in [0.3, 0.4) is 0 Å². The predicted molar refractivity (Wildman–Crippen MR) is 95.6 cm³/mol. The van der Waals surface area contributed by atoms with Crippen LogP contribution in [0.25, 0.3) is 6.08 Å². The van der Waals surface area contributed by atoms with Crippen LogP contribution in [0, 0.1) is 5.92 Å². The van der Waals surface area contributed by atoms with Gasteiger partial charge in [-0.2, -0.15) is 0 Å². The average Bonchev–Trinajstić information content (AvgIpc) is 2.49. The number of rotatable bonds is 5. The molecule has 0 radical (unpaired) electrons. The molecule has 0 aromatic heterocycles. The molecule has 0 saturated carbocycles. The lowest BCUT2D eigenvalue weighted by molar-refractivity contribution is -0.128. The standard InChI is InChI=1S/C18H20N2O2S/c1-4-9-20-17(22)15(16(21)19-18(20)23)11-14-7-5-13(6-8-14)10-12(2)3/h4-8,11-12H,1,9-10H2,2-3H3,(H,19,21,23). The Morgan fingerprint density at radius 2 is 1.91 bits per heavy atom. The van der Waals surface area contributed by atoms with Crippen molar-refractivity contribution in [2.24, 2.45) is 5.92 Å². The fraction of sp³-hybridized carbons (Fsp3) is 0.278. The van der Waals surface area contributed by atoms with E-state index in [-0.39, 0.29) is 17.2 Å². The molecule has 0 unspecified atom stereocenters. The van der Waals surface area contributed by atoms with Gasteiger partial charge in [0, 0.05) is 6.54 Å². The predicted octanol–water partition coefficient (Wildman–Crippen LogP) is 2.70. The van der Waals surface area contributed by atoms with Crippen molar-refractivity contribution >= 4 is 35.2 Å². The third-order valence-electron chi connectivity index (χ3n) is 3.43. The average molecular weight is 328 g/mol. The number of carbonyl (C=O) groups excluding carboxylic acids is 2. The molecule has 2 rings (SSSR count). The van der Waals surface area contributed by atoms with Gasteiger partial charge >= 0.3 is 0 Å². The van der Waals surface area contributed by atoms with Crippen LogP contribution in [0.1, 0.15) is 25.0 Å². The summed E-state index contributed by atoms with van der Waals surface area (Å²) in [5, 5.41) is 2.65. The highest BCUT2D eigenvalue weighted by Crippen LogP contribution is 2.16. The van der Waals surface area contributed by atoms with E-state index in [0.29, 0.717) is 5.92 Å². The molecule has 1 aliphatic rings. The van der Waals surface area contributed by atoms with Crippen LogP contribution in [0.5, 0.6) is 0 Å². The van der Waals surface area contributed by atoms with E-state index in [0.717, 1.165) is 12.0 Å². The van der Waals surface area contributed by atoms with E-state index in [1.54, 1.807) is 12.2 Å². The zero-order valence-corrected chi connectivity index (χ0v) is 14.2. The first-order valence-corrected chi connectivity index (χ1v) is 7.92. The SMILES string of the molecule is C=CCN1C(=O)C(=Cc2ccc(CC(C)C)cc2)C(=O)NC1=S. The van der Waals surface area contributed by atoms with E-state index in [1.807, 2.05) is 24.3 Å². The van der Waals surface area contributed by atoms with E-state index >= 15 is 0 Å².